The molecule has 0 spiro atoms. The Morgan fingerprint density at radius 2 is 1.09 bits per heavy atom. The zero-order chi connectivity index (χ0) is 24.2. The molecule has 0 atom stereocenters. The number of benzene rings is 2. The van der Waals surface area contributed by atoms with Crippen LogP contribution in [0.5, 0.6) is 0 Å². The fourth-order valence-electron chi connectivity index (χ4n) is 3.58. The summed E-state index contributed by atoms with van der Waals surface area (Å²) in [5.41, 5.74) is 0. The zero-order valence-corrected chi connectivity index (χ0v) is 23.6. The molecule has 184 valence electrons. The summed E-state index contributed by atoms with van der Waals surface area (Å²) < 4.78 is 0. The molecular formula is C30H39Cl2Ru-3. The predicted molar refractivity (Wildman–Crippen MR) is 148 cm³/mol. The van der Waals surface area contributed by atoms with Gasteiger partial charge in [0.25, 0.3) is 0 Å². The molecule has 0 heterocycles. The van der Waals surface area contributed by atoms with Gasteiger partial charge in [-0.1, -0.05) is 64.0 Å². The minimum atomic E-state index is -0.346. The molecule has 0 saturated carbocycles. The molecule has 0 fully saturated rings. The average Bonchev–Trinajstić information content (AvgIpc) is 3.49. The summed E-state index contributed by atoms with van der Waals surface area (Å²) in [5, 5.41) is 5.32. The molecule has 4 aromatic rings. The molecule has 0 saturated heterocycles. The van der Waals surface area contributed by atoms with E-state index in [-0.39, 0.29) is 15.1 Å². The Labute approximate surface area is 218 Å². The Balaban J connectivity index is 0.000000235. The van der Waals surface area contributed by atoms with E-state index in [9.17, 15) is 0 Å². The van der Waals surface area contributed by atoms with E-state index in [2.05, 4.69) is 106 Å². The standard InChI is InChI=1S/C12H25.2C9H7.2ClH.Ru/c1-4-5-6-7-8-9-10-11-12(2)3;2*1-2-5-9-7-3-6-8(9)4-1;;;/h4-11H2,1-3H3;2*1-7H;2*1H;/q3*-1;;;+2/p-2. The second-order valence-corrected chi connectivity index (χ2v) is 11.1. The van der Waals surface area contributed by atoms with Crippen LogP contribution in [-0.2, 0) is 15.1 Å². The molecule has 4 aromatic carbocycles. The van der Waals surface area contributed by atoms with Crippen molar-refractivity contribution >= 4 is 40.9 Å². The number of hydrogen-bond donors (Lipinski definition) is 0. The fourth-order valence-corrected chi connectivity index (χ4v) is 3.58. The van der Waals surface area contributed by atoms with Crippen LogP contribution in [0.4, 0.5) is 0 Å². The summed E-state index contributed by atoms with van der Waals surface area (Å²) in [4.78, 5) is 0. The summed E-state index contributed by atoms with van der Waals surface area (Å²) in [7, 11) is 9.71. The Morgan fingerprint density at radius 3 is 1.52 bits per heavy atom. The average molecular weight is 572 g/mol. The van der Waals surface area contributed by atoms with Gasteiger partial charge in [0.15, 0.2) is 0 Å². The molecule has 0 unspecified atom stereocenters. The van der Waals surface area contributed by atoms with Crippen molar-refractivity contribution < 1.29 is 15.1 Å². The van der Waals surface area contributed by atoms with Crippen LogP contribution in [0.1, 0.15) is 72.1 Å². The minimum Gasteiger partial charge on any atom is -0.168 e. The fraction of sp³-hybridized carbons (Fsp3) is 0.367. The molecule has 0 aliphatic carbocycles. The van der Waals surface area contributed by atoms with Gasteiger partial charge in [-0.25, -0.2) is 0 Å². The summed E-state index contributed by atoms with van der Waals surface area (Å²) in [6.07, 6.45) is 11.3. The number of halogens is 2. The maximum absolute atomic E-state index is 4.85. The monoisotopic (exact) mass is 571 g/mol. The van der Waals surface area contributed by atoms with Gasteiger partial charge in [-0.2, -0.15) is 55.3 Å². The number of hydrogen-bond acceptors (Lipinski definition) is 0. The third kappa shape index (κ3) is 14.7. The Kier molecular flexibility index (Phi) is 18.3. The molecule has 0 aromatic heterocycles. The van der Waals surface area contributed by atoms with Gasteiger partial charge >= 0.3 is 34.5 Å². The number of rotatable bonds is 8. The third-order valence-electron chi connectivity index (χ3n) is 5.38. The molecule has 0 aliphatic rings. The van der Waals surface area contributed by atoms with Crippen LogP contribution in [0.15, 0.2) is 84.9 Å². The maximum atomic E-state index is 4.85. The Bertz CT molecular complexity index is 812. The van der Waals surface area contributed by atoms with Crippen LogP contribution in [0.3, 0.4) is 0 Å². The zero-order valence-electron chi connectivity index (χ0n) is 20.3. The molecule has 0 N–H and O–H groups in total. The predicted octanol–water partition coefficient (Wildman–Crippen LogP) is 11.2. The van der Waals surface area contributed by atoms with Crippen molar-refractivity contribution in [2.75, 3.05) is 0 Å². The van der Waals surface area contributed by atoms with Crippen LogP contribution in [0.2, 0.25) is 0 Å². The van der Waals surface area contributed by atoms with E-state index in [4.69, 9.17) is 19.4 Å². The molecule has 0 aliphatic heterocycles. The van der Waals surface area contributed by atoms with Crippen molar-refractivity contribution in [3.63, 3.8) is 0 Å². The molecule has 3 heteroatoms. The largest absolute Gasteiger partial charge is 0.168 e. The quantitative estimate of drug-likeness (QED) is 0.112. The van der Waals surface area contributed by atoms with E-state index in [1.54, 1.807) is 5.92 Å². The molecular weight excluding hydrogens is 532 g/mol. The minimum absolute atomic E-state index is 0.346. The van der Waals surface area contributed by atoms with Gasteiger partial charge in [-0.3, -0.25) is 0 Å². The van der Waals surface area contributed by atoms with Gasteiger partial charge in [0.1, 0.15) is 0 Å². The van der Waals surface area contributed by atoms with Gasteiger partial charge < -0.3 is 5.92 Å². The van der Waals surface area contributed by atoms with Crippen molar-refractivity contribution in [2.24, 2.45) is 0 Å². The smallest absolute Gasteiger partial charge is 0.0809 e. The second kappa shape index (κ2) is 20.3. The molecule has 0 bridgehead atoms. The van der Waals surface area contributed by atoms with E-state index < -0.39 is 0 Å². The van der Waals surface area contributed by atoms with Crippen LogP contribution in [0, 0.1) is 5.92 Å². The first-order valence-corrected chi connectivity index (χ1v) is 16.4. The molecule has 4 rings (SSSR count). The summed E-state index contributed by atoms with van der Waals surface area (Å²) >= 11 is -0.346. The molecule has 0 amide bonds. The van der Waals surface area contributed by atoms with Crippen molar-refractivity contribution in [3.05, 3.63) is 90.8 Å². The van der Waals surface area contributed by atoms with Crippen molar-refractivity contribution in [2.45, 2.75) is 72.1 Å². The van der Waals surface area contributed by atoms with E-state index in [0.29, 0.717) is 0 Å². The first-order chi connectivity index (χ1) is 16.1. The summed E-state index contributed by atoms with van der Waals surface area (Å²) in [6, 6.07) is 29.3. The SMILES string of the molecule is CCCCCCCCC[C-](C)C.[Cl][Ru][Cl].c1ccc2[cH-]ccc2c1.c1ccc2[cH-]ccc2c1. The Hall–Kier alpha value is -1.14. The molecule has 0 nitrogen and oxygen atoms in total. The van der Waals surface area contributed by atoms with Crippen molar-refractivity contribution in [1.29, 1.82) is 0 Å². The second-order valence-electron chi connectivity index (χ2n) is 8.44. The first kappa shape index (κ1) is 29.9. The number of fused-ring (bicyclic) bond motifs is 2. The summed E-state index contributed by atoms with van der Waals surface area (Å²) in [6.45, 7) is 6.74. The van der Waals surface area contributed by atoms with Crippen LogP contribution < -0.4 is 0 Å². The van der Waals surface area contributed by atoms with Gasteiger partial charge in [-0.15, -0.1) is 59.3 Å². The van der Waals surface area contributed by atoms with Gasteiger partial charge in [-0.05, 0) is 0 Å². The van der Waals surface area contributed by atoms with Crippen LogP contribution in [-0.4, -0.2) is 0 Å². The van der Waals surface area contributed by atoms with E-state index in [0.717, 1.165) is 0 Å². The van der Waals surface area contributed by atoms with Gasteiger partial charge in [0.2, 0.25) is 0 Å². The molecule has 0 radical (unpaired) electrons. The van der Waals surface area contributed by atoms with E-state index >= 15 is 0 Å². The summed E-state index contributed by atoms with van der Waals surface area (Å²) in [5.74, 6) is 1.59. The van der Waals surface area contributed by atoms with Crippen molar-refractivity contribution in [3.8, 4) is 0 Å². The van der Waals surface area contributed by atoms with E-state index in [1.165, 1.54) is 72.9 Å². The maximum Gasteiger partial charge on any atom is -0.0809 e. The van der Waals surface area contributed by atoms with Gasteiger partial charge in [0.05, 0.1) is 0 Å². The van der Waals surface area contributed by atoms with Crippen LogP contribution >= 0.6 is 19.4 Å². The normalized spacial score (nSPS) is 10.2. The van der Waals surface area contributed by atoms with Crippen molar-refractivity contribution in [1.82, 2.24) is 0 Å². The third-order valence-corrected chi connectivity index (χ3v) is 5.38. The Morgan fingerprint density at radius 1 is 0.667 bits per heavy atom. The molecule has 33 heavy (non-hydrogen) atoms. The van der Waals surface area contributed by atoms with Crippen LogP contribution in [0.25, 0.3) is 21.5 Å². The van der Waals surface area contributed by atoms with Gasteiger partial charge in [0, 0.05) is 0 Å². The number of unbranched alkanes of at least 4 members (excludes halogenated alkanes) is 6. The van der Waals surface area contributed by atoms with E-state index in [1.807, 2.05) is 0 Å². The first-order valence-electron chi connectivity index (χ1n) is 12.0. The topological polar surface area (TPSA) is 0 Å².